The lowest BCUT2D eigenvalue weighted by Crippen LogP contribution is -2.47. The number of fused-ring (bicyclic) bond motifs is 1. The van der Waals surface area contributed by atoms with Crippen molar-refractivity contribution in [3.8, 4) is 0 Å². The van der Waals surface area contributed by atoms with Crippen LogP contribution in [-0.4, -0.2) is 54.1 Å². The number of carbonyl (C=O) groups is 1. The Morgan fingerprint density at radius 2 is 1.71 bits per heavy atom. The molecule has 2 heterocycles. The molecule has 2 N–H and O–H groups in total. The first-order valence-corrected chi connectivity index (χ1v) is 13.9. The second-order valence-corrected chi connectivity index (χ2v) is 10.9. The fourth-order valence-electron chi connectivity index (χ4n) is 5.49. The molecule has 35 heavy (non-hydrogen) atoms. The van der Waals surface area contributed by atoms with E-state index in [0.717, 1.165) is 50.5 Å². The Kier molecular flexibility index (Phi) is 7.84. The maximum absolute atomic E-state index is 12.5. The van der Waals surface area contributed by atoms with Gasteiger partial charge in [0.25, 0.3) is 0 Å². The third-order valence-electron chi connectivity index (χ3n) is 7.71. The van der Waals surface area contributed by atoms with Gasteiger partial charge in [0.2, 0.25) is 0 Å². The molecule has 1 aliphatic heterocycles. The number of anilines is 1. The molecular formula is C28H37N5OS. The summed E-state index contributed by atoms with van der Waals surface area (Å²) < 4.78 is 6.01. The fraction of sp³-hybridized carbons (Fsp3) is 0.500. The smallest absolute Gasteiger partial charge is 0.315 e. The van der Waals surface area contributed by atoms with E-state index in [1.807, 2.05) is 25.1 Å². The van der Waals surface area contributed by atoms with Crippen LogP contribution in [0.25, 0.3) is 10.1 Å². The maximum Gasteiger partial charge on any atom is 0.315 e. The Morgan fingerprint density at radius 1 is 1.00 bits per heavy atom. The van der Waals surface area contributed by atoms with Crippen LogP contribution in [0.3, 0.4) is 0 Å². The van der Waals surface area contributed by atoms with Gasteiger partial charge in [-0.15, -0.1) is 0 Å². The molecule has 2 aromatic carbocycles. The highest BCUT2D eigenvalue weighted by Crippen LogP contribution is 2.30. The van der Waals surface area contributed by atoms with Crippen LogP contribution in [0.4, 0.5) is 10.6 Å². The fourth-order valence-corrected chi connectivity index (χ4v) is 6.29. The van der Waals surface area contributed by atoms with Gasteiger partial charge in [0.05, 0.1) is 10.7 Å². The monoisotopic (exact) mass is 491 g/mol. The van der Waals surface area contributed by atoms with Crippen molar-refractivity contribution < 1.29 is 4.79 Å². The van der Waals surface area contributed by atoms with E-state index in [1.54, 1.807) is 11.5 Å². The van der Waals surface area contributed by atoms with Crippen molar-refractivity contribution in [2.24, 2.45) is 5.92 Å². The summed E-state index contributed by atoms with van der Waals surface area (Å²) in [4.78, 5) is 17.5. The standard InChI is InChI=1S/C28H37N5OS/c1-21(23-7-3-2-4-8-23)29-28(34)30-24-13-11-22(12-14-24)15-16-32-17-19-33(20-18-32)27-25-9-5-6-10-26(25)35-31-27/h2-10,21-22,24H,11-20H2,1H3,(H2,29,30,34). The Morgan fingerprint density at radius 3 is 2.49 bits per heavy atom. The number of hydrogen-bond acceptors (Lipinski definition) is 5. The van der Waals surface area contributed by atoms with Crippen LogP contribution in [0.5, 0.6) is 0 Å². The molecule has 1 aromatic heterocycles. The number of nitrogens with zero attached hydrogens (tertiary/aromatic N) is 3. The highest BCUT2D eigenvalue weighted by Gasteiger charge is 2.25. The quantitative estimate of drug-likeness (QED) is 0.463. The normalized spacial score (nSPS) is 22.1. The molecule has 1 unspecified atom stereocenters. The van der Waals surface area contributed by atoms with Gasteiger partial charge in [-0.3, -0.25) is 4.90 Å². The summed E-state index contributed by atoms with van der Waals surface area (Å²) >= 11 is 1.61. The largest absolute Gasteiger partial charge is 0.353 e. The summed E-state index contributed by atoms with van der Waals surface area (Å²) in [5, 5.41) is 7.58. The average Bonchev–Trinajstić information content (AvgIpc) is 3.33. The molecule has 0 radical (unpaired) electrons. The summed E-state index contributed by atoms with van der Waals surface area (Å²) in [5.41, 5.74) is 1.13. The predicted molar refractivity (Wildman–Crippen MR) is 145 cm³/mol. The molecule has 1 aliphatic carbocycles. The summed E-state index contributed by atoms with van der Waals surface area (Å²) in [6.45, 7) is 7.56. The third kappa shape index (κ3) is 6.14. The summed E-state index contributed by atoms with van der Waals surface area (Å²) in [6, 6.07) is 18.9. The number of rotatable bonds is 7. The van der Waals surface area contributed by atoms with Crippen LogP contribution in [0.15, 0.2) is 54.6 Å². The molecule has 3 aromatic rings. The van der Waals surface area contributed by atoms with Gasteiger partial charge >= 0.3 is 6.03 Å². The molecule has 2 aliphatic rings. The highest BCUT2D eigenvalue weighted by atomic mass is 32.1. The number of carbonyl (C=O) groups excluding carboxylic acids is 1. The van der Waals surface area contributed by atoms with Crippen LogP contribution in [0.1, 0.15) is 50.6 Å². The van der Waals surface area contributed by atoms with Crippen LogP contribution in [0.2, 0.25) is 0 Å². The first-order valence-electron chi connectivity index (χ1n) is 13.1. The van der Waals surface area contributed by atoms with E-state index < -0.39 is 0 Å². The van der Waals surface area contributed by atoms with Crippen molar-refractivity contribution in [2.75, 3.05) is 37.6 Å². The van der Waals surface area contributed by atoms with Crippen molar-refractivity contribution in [3.63, 3.8) is 0 Å². The number of nitrogens with one attached hydrogen (secondary N) is 2. The minimum Gasteiger partial charge on any atom is -0.353 e. The Bertz CT molecular complexity index is 1090. The molecule has 1 saturated heterocycles. The first-order chi connectivity index (χ1) is 17.2. The molecular weight excluding hydrogens is 454 g/mol. The summed E-state index contributed by atoms with van der Waals surface area (Å²) in [5.74, 6) is 1.94. The van der Waals surface area contributed by atoms with Gasteiger partial charge < -0.3 is 15.5 Å². The van der Waals surface area contributed by atoms with Crippen molar-refractivity contribution in [1.29, 1.82) is 0 Å². The van der Waals surface area contributed by atoms with Crippen LogP contribution < -0.4 is 15.5 Å². The number of piperazine rings is 1. The van der Waals surface area contributed by atoms with Crippen molar-refractivity contribution in [3.05, 3.63) is 60.2 Å². The third-order valence-corrected chi connectivity index (χ3v) is 8.53. The molecule has 7 heteroatoms. The highest BCUT2D eigenvalue weighted by molar-refractivity contribution is 7.13. The summed E-state index contributed by atoms with van der Waals surface area (Å²) in [6.07, 6.45) is 5.86. The number of amides is 2. The minimum atomic E-state index is -0.0458. The van der Waals surface area contributed by atoms with Gasteiger partial charge in [0.1, 0.15) is 5.82 Å². The van der Waals surface area contributed by atoms with Gasteiger partial charge in [0, 0.05) is 37.6 Å². The lowest BCUT2D eigenvalue weighted by atomic mass is 9.84. The molecule has 0 spiro atoms. The first kappa shape index (κ1) is 24.1. The van der Waals surface area contributed by atoms with Crippen LogP contribution in [0, 0.1) is 5.92 Å². The van der Waals surface area contributed by atoms with Gasteiger partial charge in [0.15, 0.2) is 0 Å². The van der Waals surface area contributed by atoms with E-state index in [-0.39, 0.29) is 12.1 Å². The van der Waals surface area contributed by atoms with Gasteiger partial charge in [-0.05, 0) is 80.7 Å². The zero-order valence-corrected chi connectivity index (χ0v) is 21.5. The molecule has 6 nitrogen and oxygen atoms in total. The van der Waals surface area contributed by atoms with E-state index in [1.165, 1.54) is 41.7 Å². The minimum absolute atomic E-state index is 0.0160. The van der Waals surface area contributed by atoms with Gasteiger partial charge in [-0.1, -0.05) is 42.5 Å². The lowest BCUT2D eigenvalue weighted by Gasteiger charge is -2.36. The van der Waals surface area contributed by atoms with E-state index >= 15 is 0 Å². The zero-order valence-electron chi connectivity index (χ0n) is 20.7. The van der Waals surface area contributed by atoms with Crippen LogP contribution in [-0.2, 0) is 0 Å². The van der Waals surface area contributed by atoms with Gasteiger partial charge in [-0.2, -0.15) is 4.37 Å². The average molecular weight is 492 g/mol. The zero-order chi connectivity index (χ0) is 24.0. The molecule has 5 rings (SSSR count). The van der Waals surface area contributed by atoms with Crippen molar-refractivity contribution in [2.45, 2.75) is 51.1 Å². The lowest BCUT2D eigenvalue weighted by molar-refractivity contribution is 0.204. The van der Waals surface area contributed by atoms with E-state index in [0.29, 0.717) is 6.04 Å². The summed E-state index contributed by atoms with van der Waals surface area (Å²) in [7, 11) is 0. The molecule has 186 valence electrons. The molecule has 2 fully saturated rings. The number of hydrogen-bond donors (Lipinski definition) is 2. The van der Waals surface area contributed by atoms with Gasteiger partial charge in [-0.25, -0.2) is 4.79 Å². The SMILES string of the molecule is CC(NC(=O)NC1CCC(CCN2CCN(c3nsc4ccccc34)CC2)CC1)c1ccccc1. The van der Waals surface area contributed by atoms with E-state index in [4.69, 9.17) is 4.37 Å². The predicted octanol–water partition coefficient (Wildman–Crippen LogP) is 5.43. The van der Waals surface area contributed by atoms with Crippen molar-refractivity contribution >= 4 is 33.5 Å². The van der Waals surface area contributed by atoms with Crippen LogP contribution >= 0.6 is 11.5 Å². The molecule has 1 atom stereocenters. The number of urea groups is 1. The molecule has 0 bridgehead atoms. The number of aromatic nitrogens is 1. The molecule has 1 saturated carbocycles. The molecule has 2 amide bonds. The van der Waals surface area contributed by atoms with E-state index in [2.05, 4.69) is 56.8 Å². The Labute approximate surface area is 212 Å². The topological polar surface area (TPSA) is 60.5 Å². The van der Waals surface area contributed by atoms with E-state index in [9.17, 15) is 4.79 Å². The second kappa shape index (κ2) is 11.4. The number of benzene rings is 2. The maximum atomic E-state index is 12.5. The second-order valence-electron chi connectivity index (χ2n) is 10.1. The van der Waals surface area contributed by atoms with Crippen molar-refractivity contribution in [1.82, 2.24) is 19.9 Å². The Balaban J connectivity index is 0.992. The Hall–Kier alpha value is -2.64.